The van der Waals surface area contributed by atoms with E-state index in [4.69, 9.17) is 4.42 Å². The van der Waals surface area contributed by atoms with Crippen molar-refractivity contribution in [1.82, 2.24) is 0 Å². The lowest BCUT2D eigenvalue weighted by molar-refractivity contribution is 0.102. The molecule has 0 bridgehead atoms. The highest BCUT2D eigenvalue weighted by Gasteiger charge is 2.12. The highest BCUT2D eigenvalue weighted by Crippen LogP contribution is 2.21. The third kappa shape index (κ3) is 2.73. The van der Waals surface area contributed by atoms with Gasteiger partial charge in [0.15, 0.2) is 4.67 Å². The third-order valence-electron chi connectivity index (χ3n) is 2.48. The van der Waals surface area contributed by atoms with Crippen molar-refractivity contribution < 1.29 is 9.21 Å². The lowest BCUT2D eigenvalue weighted by atomic mass is 10.2. The van der Waals surface area contributed by atoms with Crippen molar-refractivity contribution in [3.63, 3.8) is 0 Å². The van der Waals surface area contributed by atoms with Gasteiger partial charge in [0.25, 0.3) is 5.91 Å². The van der Waals surface area contributed by atoms with E-state index in [-0.39, 0.29) is 5.91 Å². The molecule has 1 heterocycles. The van der Waals surface area contributed by atoms with Crippen LogP contribution in [-0.2, 0) is 0 Å². The lowest BCUT2D eigenvalue weighted by Crippen LogP contribution is -2.13. The van der Waals surface area contributed by atoms with Crippen LogP contribution in [0, 0.1) is 0 Å². The summed E-state index contributed by atoms with van der Waals surface area (Å²) in [5.41, 5.74) is 2.25. The molecule has 0 aliphatic rings. The molecule has 0 saturated carbocycles. The van der Waals surface area contributed by atoms with E-state index in [1.807, 2.05) is 43.3 Å². The Labute approximate surface area is 114 Å². The standard InChI is InChI=1S/C13H13BrN2O2/c1-16(2)10-5-3-4-9(8-10)15-13(17)11-6-7-18-12(11)14/h3-8H,1-2H3,(H,15,17). The number of furan rings is 1. The van der Waals surface area contributed by atoms with Crippen molar-refractivity contribution in [3.05, 3.63) is 46.8 Å². The van der Waals surface area contributed by atoms with Gasteiger partial charge in [0.1, 0.15) is 0 Å². The van der Waals surface area contributed by atoms with Crippen LogP contribution in [0.4, 0.5) is 11.4 Å². The van der Waals surface area contributed by atoms with Gasteiger partial charge in [-0.2, -0.15) is 0 Å². The summed E-state index contributed by atoms with van der Waals surface area (Å²) in [7, 11) is 3.90. The Kier molecular flexibility index (Phi) is 3.72. The molecule has 1 N–H and O–H groups in total. The molecule has 1 aromatic carbocycles. The molecule has 0 unspecified atom stereocenters. The number of hydrogen-bond donors (Lipinski definition) is 1. The second kappa shape index (κ2) is 5.27. The van der Waals surface area contributed by atoms with E-state index in [0.29, 0.717) is 10.2 Å². The number of nitrogens with zero attached hydrogens (tertiary/aromatic N) is 1. The van der Waals surface area contributed by atoms with E-state index < -0.39 is 0 Å². The molecule has 1 amide bonds. The quantitative estimate of drug-likeness (QED) is 0.945. The number of benzene rings is 1. The maximum Gasteiger partial charge on any atom is 0.260 e. The number of halogens is 1. The van der Waals surface area contributed by atoms with E-state index in [1.165, 1.54) is 6.26 Å². The van der Waals surface area contributed by atoms with E-state index in [1.54, 1.807) is 6.07 Å². The number of anilines is 2. The number of carbonyl (C=O) groups excluding carboxylic acids is 1. The summed E-state index contributed by atoms with van der Waals surface area (Å²) in [5.74, 6) is -0.202. The highest BCUT2D eigenvalue weighted by molar-refractivity contribution is 9.10. The van der Waals surface area contributed by atoms with Gasteiger partial charge in [-0.1, -0.05) is 6.07 Å². The van der Waals surface area contributed by atoms with Gasteiger partial charge < -0.3 is 14.6 Å². The van der Waals surface area contributed by atoms with Crippen LogP contribution >= 0.6 is 15.9 Å². The molecule has 0 aliphatic carbocycles. The Morgan fingerprint density at radius 3 is 2.72 bits per heavy atom. The smallest absolute Gasteiger partial charge is 0.260 e. The van der Waals surface area contributed by atoms with Gasteiger partial charge in [-0.05, 0) is 40.2 Å². The molecule has 0 radical (unpaired) electrons. The summed E-state index contributed by atoms with van der Waals surface area (Å²) in [4.78, 5) is 13.9. The number of nitrogens with one attached hydrogen (secondary N) is 1. The van der Waals surface area contributed by atoms with Crippen molar-refractivity contribution in [3.8, 4) is 0 Å². The Morgan fingerprint density at radius 2 is 2.11 bits per heavy atom. The van der Waals surface area contributed by atoms with Gasteiger partial charge >= 0.3 is 0 Å². The third-order valence-corrected chi connectivity index (χ3v) is 3.10. The van der Waals surface area contributed by atoms with Gasteiger partial charge in [0, 0.05) is 25.5 Å². The topological polar surface area (TPSA) is 45.5 Å². The van der Waals surface area contributed by atoms with Crippen molar-refractivity contribution in [2.24, 2.45) is 0 Å². The first-order valence-corrected chi connectivity index (χ1v) is 6.19. The first-order chi connectivity index (χ1) is 8.58. The zero-order valence-electron chi connectivity index (χ0n) is 10.1. The Bertz CT molecular complexity index is 564. The second-order valence-corrected chi connectivity index (χ2v) is 4.73. The Hall–Kier alpha value is -1.75. The van der Waals surface area contributed by atoms with Crippen LogP contribution in [0.2, 0.25) is 0 Å². The molecule has 0 saturated heterocycles. The molecular formula is C13H13BrN2O2. The molecule has 0 aliphatic heterocycles. The normalized spacial score (nSPS) is 10.2. The van der Waals surface area contributed by atoms with E-state index >= 15 is 0 Å². The number of hydrogen-bond acceptors (Lipinski definition) is 3. The van der Waals surface area contributed by atoms with E-state index in [2.05, 4.69) is 21.2 Å². The fourth-order valence-corrected chi connectivity index (χ4v) is 1.94. The molecular weight excluding hydrogens is 296 g/mol. The Balaban J connectivity index is 2.17. The molecule has 2 rings (SSSR count). The van der Waals surface area contributed by atoms with Crippen molar-refractivity contribution in [1.29, 1.82) is 0 Å². The molecule has 2 aromatic rings. The minimum absolute atomic E-state index is 0.202. The van der Waals surface area contributed by atoms with Crippen LogP contribution < -0.4 is 10.2 Å². The molecule has 5 heteroatoms. The fraction of sp³-hybridized carbons (Fsp3) is 0.154. The monoisotopic (exact) mass is 308 g/mol. The summed E-state index contributed by atoms with van der Waals surface area (Å²) < 4.78 is 5.47. The lowest BCUT2D eigenvalue weighted by Gasteiger charge is -2.13. The number of carbonyl (C=O) groups is 1. The molecule has 1 aromatic heterocycles. The highest BCUT2D eigenvalue weighted by atomic mass is 79.9. The maximum absolute atomic E-state index is 12.0. The first-order valence-electron chi connectivity index (χ1n) is 5.39. The zero-order chi connectivity index (χ0) is 13.1. The van der Waals surface area contributed by atoms with Gasteiger partial charge in [-0.3, -0.25) is 4.79 Å². The van der Waals surface area contributed by atoms with Gasteiger partial charge in [-0.25, -0.2) is 0 Å². The minimum atomic E-state index is -0.202. The van der Waals surface area contributed by atoms with Crippen LogP contribution in [0.25, 0.3) is 0 Å². The predicted octanol–water partition coefficient (Wildman–Crippen LogP) is 3.36. The van der Waals surface area contributed by atoms with Crippen molar-refractivity contribution in [2.45, 2.75) is 0 Å². The van der Waals surface area contributed by atoms with Crippen molar-refractivity contribution >= 4 is 33.2 Å². The molecule has 0 spiro atoms. The fourth-order valence-electron chi connectivity index (χ4n) is 1.52. The SMILES string of the molecule is CN(C)c1cccc(NC(=O)c2ccoc2Br)c1. The average Bonchev–Trinajstić information content (AvgIpc) is 2.76. The van der Waals surface area contributed by atoms with Crippen LogP contribution in [0.1, 0.15) is 10.4 Å². The van der Waals surface area contributed by atoms with Crippen LogP contribution in [-0.4, -0.2) is 20.0 Å². The van der Waals surface area contributed by atoms with Crippen molar-refractivity contribution in [2.75, 3.05) is 24.3 Å². The largest absolute Gasteiger partial charge is 0.457 e. The first kappa shape index (κ1) is 12.7. The molecule has 0 atom stereocenters. The van der Waals surface area contributed by atoms with Crippen LogP contribution in [0.5, 0.6) is 0 Å². The van der Waals surface area contributed by atoms with E-state index in [0.717, 1.165) is 11.4 Å². The van der Waals surface area contributed by atoms with Gasteiger partial charge in [0.05, 0.1) is 11.8 Å². The number of rotatable bonds is 3. The number of amides is 1. The summed E-state index contributed by atoms with van der Waals surface area (Å²) in [6.45, 7) is 0. The second-order valence-electron chi connectivity index (χ2n) is 4.01. The average molecular weight is 309 g/mol. The van der Waals surface area contributed by atoms with Gasteiger partial charge in [0.2, 0.25) is 0 Å². The maximum atomic E-state index is 12.0. The summed E-state index contributed by atoms with van der Waals surface area (Å²) in [6.07, 6.45) is 1.47. The summed E-state index contributed by atoms with van der Waals surface area (Å²) >= 11 is 3.18. The minimum Gasteiger partial charge on any atom is -0.457 e. The summed E-state index contributed by atoms with van der Waals surface area (Å²) in [6, 6.07) is 9.25. The van der Waals surface area contributed by atoms with Crippen LogP contribution in [0.3, 0.4) is 0 Å². The summed E-state index contributed by atoms with van der Waals surface area (Å²) in [5, 5.41) is 2.82. The predicted molar refractivity (Wildman–Crippen MR) is 75.1 cm³/mol. The molecule has 4 nitrogen and oxygen atoms in total. The van der Waals surface area contributed by atoms with Crippen LogP contribution in [0.15, 0.2) is 45.7 Å². The van der Waals surface area contributed by atoms with E-state index in [9.17, 15) is 4.79 Å². The molecule has 94 valence electrons. The zero-order valence-corrected chi connectivity index (χ0v) is 11.7. The van der Waals surface area contributed by atoms with Gasteiger partial charge in [-0.15, -0.1) is 0 Å². The Morgan fingerprint density at radius 1 is 1.33 bits per heavy atom. The molecule has 0 fully saturated rings. The molecule has 18 heavy (non-hydrogen) atoms.